The molecule has 0 heterocycles. The van der Waals surface area contributed by atoms with Crippen LogP contribution >= 0.6 is 11.8 Å². The Bertz CT molecular complexity index is 384. The molecule has 0 spiro atoms. The number of hydrogen-bond donors (Lipinski definition) is 2. The largest absolute Gasteiger partial charge is 0.396 e. The van der Waals surface area contributed by atoms with Crippen LogP contribution in [0.3, 0.4) is 0 Å². The Morgan fingerprint density at radius 3 is 2.74 bits per heavy atom. The van der Waals surface area contributed by atoms with Crippen molar-refractivity contribution in [2.45, 2.75) is 37.1 Å². The van der Waals surface area contributed by atoms with Crippen LogP contribution in [0.2, 0.25) is 0 Å². The lowest BCUT2D eigenvalue weighted by molar-refractivity contribution is -0.121. The highest BCUT2D eigenvalue weighted by atomic mass is 32.2. The quantitative estimate of drug-likeness (QED) is 0.722. The number of carbonyl (C=O) groups excluding carboxylic acids is 1. The van der Waals surface area contributed by atoms with E-state index in [4.69, 9.17) is 5.11 Å². The first-order valence-corrected chi connectivity index (χ1v) is 7.39. The minimum Gasteiger partial charge on any atom is -0.396 e. The van der Waals surface area contributed by atoms with E-state index in [0.29, 0.717) is 18.6 Å². The number of rotatable bonds is 8. The molecule has 106 valence electrons. The number of benzene rings is 1. The number of aliphatic hydroxyl groups excluding tert-OH is 1. The van der Waals surface area contributed by atoms with Gasteiger partial charge >= 0.3 is 0 Å². The summed E-state index contributed by atoms with van der Waals surface area (Å²) in [7, 11) is 0. The van der Waals surface area contributed by atoms with Crippen LogP contribution in [0, 0.1) is 5.82 Å². The van der Waals surface area contributed by atoms with E-state index in [1.165, 1.54) is 23.9 Å². The number of amides is 1. The molecule has 0 aliphatic heterocycles. The summed E-state index contributed by atoms with van der Waals surface area (Å²) in [4.78, 5) is 12.6. The molecule has 2 N–H and O–H groups in total. The molecule has 0 aromatic heterocycles. The van der Waals surface area contributed by atoms with Gasteiger partial charge in [0.15, 0.2) is 0 Å². The molecule has 0 aliphatic rings. The first kappa shape index (κ1) is 16.0. The van der Waals surface area contributed by atoms with Crippen LogP contribution in [0.15, 0.2) is 29.2 Å². The number of nitrogens with one attached hydrogen (secondary N) is 1. The van der Waals surface area contributed by atoms with E-state index in [2.05, 4.69) is 5.32 Å². The van der Waals surface area contributed by atoms with E-state index >= 15 is 0 Å². The van der Waals surface area contributed by atoms with Gasteiger partial charge < -0.3 is 10.4 Å². The number of aliphatic hydroxyl groups is 1. The molecular formula is C14H20FNO2S. The lowest BCUT2D eigenvalue weighted by atomic mass is 10.2. The number of hydrogen-bond acceptors (Lipinski definition) is 3. The zero-order valence-corrected chi connectivity index (χ0v) is 11.9. The summed E-state index contributed by atoms with van der Waals surface area (Å²) < 4.78 is 12.7. The van der Waals surface area contributed by atoms with Gasteiger partial charge in [0.25, 0.3) is 0 Å². The molecule has 0 bridgehead atoms. The van der Waals surface area contributed by atoms with Crippen molar-refractivity contribution >= 4 is 17.7 Å². The predicted octanol–water partition coefficient (Wildman–Crippen LogP) is 2.59. The van der Waals surface area contributed by atoms with Crippen LogP contribution < -0.4 is 5.32 Å². The third kappa shape index (κ3) is 7.18. The lowest BCUT2D eigenvalue weighted by Crippen LogP contribution is -2.32. The van der Waals surface area contributed by atoms with Gasteiger partial charge in [-0.25, -0.2) is 4.39 Å². The summed E-state index contributed by atoms with van der Waals surface area (Å²) in [6.07, 6.45) is 1.92. The average molecular weight is 285 g/mol. The summed E-state index contributed by atoms with van der Waals surface area (Å²) in [6, 6.07) is 6.35. The molecule has 0 radical (unpaired) electrons. The highest BCUT2D eigenvalue weighted by Crippen LogP contribution is 2.18. The van der Waals surface area contributed by atoms with Crippen LogP contribution in [0.5, 0.6) is 0 Å². The molecule has 0 aliphatic carbocycles. The van der Waals surface area contributed by atoms with Gasteiger partial charge in [-0.05, 0) is 44.0 Å². The van der Waals surface area contributed by atoms with Crippen molar-refractivity contribution in [1.29, 1.82) is 0 Å². The van der Waals surface area contributed by atoms with Crippen molar-refractivity contribution in [3.05, 3.63) is 30.1 Å². The first-order chi connectivity index (χ1) is 9.11. The first-order valence-electron chi connectivity index (χ1n) is 6.40. The van der Waals surface area contributed by atoms with Gasteiger partial charge in [-0.1, -0.05) is 0 Å². The number of halogens is 1. The van der Waals surface area contributed by atoms with Crippen LogP contribution in [0.1, 0.15) is 26.2 Å². The second-order valence-electron chi connectivity index (χ2n) is 4.39. The molecule has 19 heavy (non-hydrogen) atoms. The lowest BCUT2D eigenvalue weighted by Gasteiger charge is -2.12. The molecule has 1 aromatic carbocycles. The Morgan fingerprint density at radius 1 is 1.42 bits per heavy atom. The maximum absolute atomic E-state index is 12.7. The van der Waals surface area contributed by atoms with Crippen LogP contribution in [-0.4, -0.2) is 29.4 Å². The maximum Gasteiger partial charge on any atom is 0.221 e. The van der Waals surface area contributed by atoms with Gasteiger partial charge in [0, 0.05) is 29.7 Å². The van der Waals surface area contributed by atoms with Gasteiger partial charge in [0.05, 0.1) is 0 Å². The monoisotopic (exact) mass is 285 g/mol. The molecule has 1 rings (SSSR count). The normalized spacial score (nSPS) is 12.2. The fourth-order valence-corrected chi connectivity index (χ4v) is 2.46. The summed E-state index contributed by atoms with van der Waals surface area (Å²) in [5.74, 6) is 0.435. The molecule has 3 nitrogen and oxygen atoms in total. The van der Waals surface area contributed by atoms with Crippen LogP contribution in [0.25, 0.3) is 0 Å². The van der Waals surface area contributed by atoms with E-state index in [1.54, 1.807) is 12.1 Å². The Morgan fingerprint density at radius 2 is 2.11 bits per heavy atom. The molecule has 1 amide bonds. The van der Waals surface area contributed by atoms with Crippen molar-refractivity contribution in [2.75, 3.05) is 12.4 Å². The van der Waals surface area contributed by atoms with E-state index in [0.717, 1.165) is 11.3 Å². The van der Waals surface area contributed by atoms with Gasteiger partial charge in [0.1, 0.15) is 5.82 Å². The summed E-state index contributed by atoms with van der Waals surface area (Å²) in [6.45, 7) is 2.08. The van der Waals surface area contributed by atoms with E-state index in [-0.39, 0.29) is 24.4 Å². The maximum atomic E-state index is 12.7. The minimum atomic E-state index is -0.250. The topological polar surface area (TPSA) is 49.3 Å². The molecule has 1 atom stereocenters. The van der Waals surface area contributed by atoms with Crippen LogP contribution in [-0.2, 0) is 4.79 Å². The predicted molar refractivity (Wildman–Crippen MR) is 75.7 cm³/mol. The number of thioether (sulfide) groups is 1. The van der Waals surface area contributed by atoms with E-state index in [1.807, 2.05) is 6.92 Å². The third-order valence-electron chi connectivity index (χ3n) is 2.61. The van der Waals surface area contributed by atoms with Gasteiger partial charge in [-0.2, -0.15) is 0 Å². The SMILES string of the molecule is CC(CCCO)NC(=O)CCSc1ccc(F)cc1. The second kappa shape index (κ2) is 8.93. The Balaban J connectivity index is 2.18. The standard InChI is InChI=1S/C14H20FNO2S/c1-11(3-2-9-17)16-14(18)8-10-19-13-6-4-12(15)5-7-13/h4-7,11,17H,2-3,8-10H2,1H3,(H,16,18). The fourth-order valence-electron chi connectivity index (χ4n) is 1.61. The zero-order valence-electron chi connectivity index (χ0n) is 11.1. The molecule has 5 heteroatoms. The van der Waals surface area contributed by atoms with Crippen molar-refractivity contribution in [3.8, 4) is 0 Å². The molecule has 0 saturated heterocycles. The van der Waals surface area contributed by atoms with E-state index in [9.17, 15) is 9.18 Å². The molecule has 0 fully saturated rings. The van der Waals surface area contributed by atoms with Crippen molar-refractivity contribution in [3.63, 3.8) is 0 Å². The fraction of sp³-hybridized carbons (Fsp3) is 0.500. The Labute approximate surface area is 117 Å². The molecule has 0 saturated carbocycles. The highest BCUT2D eigenvalue weighted by Gasteiger charge is 2.07. The highest BCUT2D eigenvalue weighted by molar-refractivity contribution is 7.99. The van der Waals surface area contributed by atoms with Gasteiger partial charge in [0.2, 0.25) is 5.91 Å². The molecule has 1 aromatic rings. The number of carbonyl (C=O) groups is 1. The van der Waals surface area contributed by atoms with Crippen molar-refractivity contribution < 1.29 is 14.3 Å². The smallest absolute Gasteiger partial charge is 0.221 e. The average Bonchev–Trinajstić information content (AvgIpc) is 2.38. The summed E-state index contributed by atoms with van der Waals surface area (Å²) in [5, 5.41) is 11.6. The second-order valence-corrected chi connectivity index (χ2v) is 5.56. The zero-order chi connectivity index (χ0) is 14.1. The minimum absolute atomic E-state index is 0.0139. The van der Waals surface area contributed by atoms with Crippen LogP contribution in [0.4, 0.5) is 4.39 Å². The molecule has 1 unspecified atom stereocenters. The third-order valence-corrected chi connectivity index (χ3v) is 3.63. The summed E-state index contributed by atoms with van der Waals surface area (Å²) >= 11 is 1.53. The van der Waals surface area contributed by atoms with E-state index < -0.39 is 0 Å². The van der Waals surface area contributed by atoms with Crippen molar-refractivity contribution in [2.24, 2.45) is 0 Å². The molecular weight excluding hydrogens is 265 g/mol. The Kier molecular flexibility index (Phi) is 7.52. The Hall–Kier alpha value is -1.07. The van der Waals surface area contributed by atoms with Gasteiger partial charge in [-0.3, -0.25) is 4.79 Å². The van der Waals surface area contributed by atoms with Gasteiger partial charge in [-0.15, -0.1) is 11.8 Å². The van der Waals surface area contributed by atoms with Crippen molar-refractivity contribution in [1.82, 2.24) is 5.32 Å². The summed E-state index contributed by atoms with van der Waals surface area (Å²) in [5.41, 5.74) is 0.